The number of phosphoric ester groups is 1. The molecule has 0 aromatic carbocycles. The molecule has 1 unspecified atom stereocenters. The van der Waals surface area contributed by atoms with E-state index in [-0.39, 0.29) is 18.3 Å². The fourth-order valence-corrected chi connectivity index (χ4v) is 7.63. The average molecular weight is 784 g/mol. The molecule has 2 fully saturated rings. The molecular formula is C38H54N7O9P. The van der Waals surface area contributed by atoms with Gasteiger partial charge in [-0.3, -0.25) is 9.05 Å². The number of nitrogens with two attached hydrogens (primary N) is 1. The number of rotatable bonds is 24. The number of hydrogen-bond donors (Lipinski definition) is 2. The summed E-state index contributed by atoms with van der Waals surface area (Å²) < 4.78 is 56.0. The van der Waals surface area contributed by atoms with E-state index in [1.807, 2.05) is 6.07 Å². The van der Waals surface area contributed by atoms with Crippen LogP contribution in [0.5, 0.6) is 5.88 Å². The Hall–Kier alpha value is -3.70. The Bertz CT molecular complexity index is 1800. The summed E-state index contributed by atoms with van der Waals surface area (Å²) in [6.07, 6.45) is 13.8. The second kappa shape index (κ2) is 19.9. The van der Waals surface area contributed by atoms with Crippen molar-refractivity contribution in [3.05, 3.63) is 48.0 Å². The van der Waals surface area contributed by atoms with Crippen molar-refractivity contribution in [2.45, 2.75) is 134 Å². The fraction of sp³-hybridized carbons (Fsp3) is 0.658. The minimum Gasteiger partial charge on any atom is -0.469 e. The number of hydrogen-bond acceptors (Lipinski definition) is 14. The lowest BCUT2D eigenvalue weighted by Gasteiger charge is -2.29. The summed E-state index contributed by atoms with van der Waals surface area (Å²) in [6.45, 7) is 5.05. The number of aromatic nitrogens is 4. The highest BCUT2D eigenvalue weighted by Crippen LogP contribution is 2.52. The third-order valence-corrected chi connectivity index (χ3v) is 10.6. The van der Waals surface area contributed by atoms with Crippen LogP contribution in [0.15, 0.2) is 36.8 Å². The van der Waals surface area contributed by atoms with Gasteiger partial charge in [0, 0.05) is 18.9 Å². The molecule has 0 spiro atoms. The molecule has 300 valence electrons. The molecular weight excluding hydrogens is 729 g/mol. The van der Waals surface area contributed by atoms with Crippen molar-refractivity contribution in [3.63, 3.8) is 0 Å². The van der Waals surface area contributed by atoms with Crippen molar-refractivity contribution in [1.29, 1.82) is 10.5 Å². The second-order valence-corrected chi connectivity index (χ2v) is 16.0. The van der Waals surface area contributed by atoms with Crippen LogP contribution in [0.1, 0.15) is 115 Å². The maximum atomic E-state index is 13.3. The SMILES string of the molecule is CCCCCCCCCCCCCCOC[C@H](COP(=O)(O)OC[C@@]1(C#N)O[C@@H](c2ccc3c(N)ncnn23)[C@@H]2OC(C)(C)O[C@@H]21)Oc1ccc(C#N)cn1. The van der Waals surface area contributed by atoms with E-state index < -0.39 is 56.8 Å². The highest BCUT2D eigenvalue weighted by molar-refractivity contribution is 7.47. The molecule has 3 aromatic rings. The average Bonchev–Trinajstić information content (AvgIpc) is 3.83. The van der Waals surface area contributed by atoms with E-state index in [4.69, 9.17) is 43.7 Å². The number of anilines is 1. The van der Waals surface area contributed by atoms with Crippen LogP contribution in [0.25, 0.3) is 5.52 Å². The van der Waals surface area contributed by atoms with Crippen LogP contribution < -0.4 is 10.5 Å². The van der Waals surface area contributed by atoms with Gasteiger partial charge in [0.15, 0.2) is 11.6 Å². The second-order valence-electron chi connectivity index (χ2n) is 14.5. The Morgan fingerprint density at radius 1 is 0.945 bits per heavy atom. The molecule has 2 aliphatic rings. The molecule has 0 amide bonds. The van der Waals surface area contributed by atoms with Gasteiger partial charge in [-0.2, -0.15) is 15.6 Å². The van der Waals surface area contributed by atoms with Gasteiger partial charge in [0.05, 0.1) is 24.5 Å². The van der Waals surface area contributed by atoms with Crippen molar-refractivity contribution in [1.82, 2.24) is 19.6 Å². The molecule has 0 saturated carbocycles. The number of nitriles is 2. The number of nitrogen functional groups attached to an aromatic ring is 1. The molecule has 3 aromatic heterocycles. The minimum absolute atomic E-state index is 0.0377. The van der Waals surface area contributed by atoms with E-state index >= 15 is 0 Å². The van der Waals surface area contributed by atoms with Gasteiger partial charge in [-0.1, -0.05) is 77.6 Å². The summed E-state index contributed by atoms with van der Waals surface area (Å²) in [5, 5.41) is 23.9. The van der Waals surface area contributed by atoms with Crippen molar-refractivity contribution < 1.29 is 42.2 Å². The third-order valence-electron chi connectivity index (χ3n) is 9.68. The largest absolute Gasteiger partial charge is 0.472 e. The van der Waals surface area contributed by atoms with Crippen LogP contribution in [-0.4, -0.2) is 80.6 Å². The molecule has 2 aliphatic heterocycles. The summed E-state index contributed by atoms with van der Waals surface area (Å²) in [5.41, 5.74) is 5.56. The molecule has 0 aliphatic carbocycles. The quantitative estimate of drug-likeness (QED) is 0.0711. The van der Waals surface area contributed by atoms with E-state index in [0.29, 0.717) is 23.4 Å². The minimum atomic E-state index is -4.81. The van der Waals surface area contributed by atoms with Crippen molar-refractivity contribution >= 4 is 19.2 Å². The number of ether oxygens (including phenoxy) is 5. The molecule has 55 heavy (non-hydrogen) atoms. The molecule has 2 saturated heterocycles. The Labute approximate surface area is 322 Å². The summed E-state index contributed by atoms with van der Waals surface area (Å²) in [4.78, 5) is 19.0. The maximum absolute atomic E-state index is 13.3. The van der Waals surface area contributed by atoms with E-state index in [9.17, 15) is 14.7 Å². The van der Waals surface area contributed by atoms with E-state index in [1.54, 1.807) is 32.0 Å². The summed E-state index contributed by atoms with van der Waals surface area (Å²) in [5.74, 6) is -0.668. The standard InChI is InChI=1S/C38H54N7O9P/c1-4-5-6-7-8-9-10-11-12-13-14-15-20-48-23-29(51-32-19-16-28(21-39)22-42-32)24-49-55(46,47)50-26-38(25-40)35-34(52-37(2,3)54-35)33(53-38)30-17-18-31-36(41)43-27-44-45(30)31/h16-19,22,27,29,33-35H,4-15,20,23-24,26H2,1-3H3,(H,46,47)(H2,41,43,44)/t29-,33+,34+,35+,38-/m1/s1. The van der Waals surface area contributed by atoms with E-state index in [2.05, 4.69) is 28.1 Å². The van der Waals surface area contributed by atoms with Gasteiger partial charge >= 0.3 is 7.82 Å². The number of nitrogens with zero attached hydrogens (tertiary/aromatic N) is 6. The zero-order chi connectivity index (χ0) is 39.3. The van der Waals surface area contributed by atoms with Crippen LogP contribution >= 0.6 is 7.82 Å². The van der Waals surface area contributed by atoms with E-state index in [1.165, 1.54) is 80.9 Å². The highest BCUT2D eigenvalue weighted by atomic mass is 31.2. The predicted octanol–water partition coefficient (Wildman–Crippen LogP) is 6.73. The first-order valence-electron chi connectivity index (χ1n) is 19.2. The molecule has 5 rings (SSSR count). The highest BCUT2D eigenvalue weighted by Gasteiger charge is 2.65. The van der Waals surface area contributed by atoms with E-state index in [0.717, 1.165) is 19.3 Å². The molecule has 16 nitrogen and oxygen atoms in total. The van der Waals surface area contributed by atoms with Gasteiger partial charge in [0.2, 0.25) is 11.5 Å². The number of phosphoric acid groups is 1. The normalized spacial score (nSPS) is 23.2. The Balaban J connectivity index is 1.14. The zero-order valence-electron chi connectivity index (χ0n) is 32.0. The Morgan fingerprint density at radius 3 is 2.31 bits per heavy atom. The lowest BCUT2D eigenvalue weighted by atomic mass is 9.96. The molecule has 0 radical (unpaired) electrons. The molecule has 17 heteroatoms. The lowest BCUT2D eigenvalue weighted by molar-refractivity contribution is -0.204. The monoisotopic (exact) mass is 783 g/mol. The topological polar surface area (TPSA) is 219 Å². The van der Waals surface area contributed by atoms with Crippen LogP contribution in [0.2, 0.25) is 0 Å². The predicted molar refractivity (Wildman–Crippen MR) is 200 cm³/mol. The smallest absolute Gasteiger partial charge is 0.469 e. The van der Waals surface area contributed by atoms with Gasteiger partial charge in [0.25, 0.3) is 0 Å². The number of fused-ring (bicyclic) bond motifs is 2. The number of unbranched alkanes of at least 4 members (excludes halogenated alkanes) is 11. The maximum Gasteiger partial charge on any atom is 0.472 e. The lowest BCUT2D eigenvalue weighted by Crippen LogP contribution is -2.45. The molecule has 6 atom stereocenters. The van der Waals surface area contributed by atoms with Gasteiger partial charge in [-0.05, 0) is 38.5 Å². The first-order valence-corrected chi connectivity index (χ1v) is 20.7. The first kappa shape index (κ1) is 42.4. The van der Waals surface area contributed by atoms with Gasteiger partial charge < -0.3 is 34.3 Å². The van der Waals surface area contributed by atoms with Crippen molar-refractivity contribution in [2.24, 2.45) is 0 Å². The van der Waals surface area contributed by atoms with Crippen LogP contribution in [0, 0.1) is 22.7 Å². The zero-order valence-corrected chi connectivity index (χ0v) is 32.9. The van der Waals surface area contributed by atoms with Crippen molar-refractivity contribution in [2.75, 3.05) is 32.2 Å². The van der Waals surface area contributed by atoms with Gasteiger partial charge in [0.1, 0.15) is 55.0 Å². The van der Waals surface area contributed by atoms with Gasteiger partial charge in [-0.25, -0.2) is 19.0 Å². The molecule has 0 bridgehead atoms. The Morgan fingerprint density at radius 2 is 1.65 bits per heavy atom. The number of pyridine rings is 1. The molecule has 3 N–H and O–H groups in total. The summed E-state index contributed by atoms with van der Waals surface area (Å²) in [7, 11) is -4.81. The van der Waals surface area contributed by atoms with Crippen molar-refractivity contribution in [3.8, 4) is 18.0 Å². The molecule has 5 heterocycles. The van der Waals surface area contributed by atoms with Gasteiger partial charge in [-0.15, -0.1) is 0 Å². The third kappa shape index (κ3) is 11.7. The van der Waals surface area contributed by atoms with Crippen LogP contribution in [0.3, 0.4) is 0 Å². The summed E-state index contributed by atoms with van der Waals surface area (Å²) >= 11 is 0. The summed E-state index contributed by atoms with van der Waals surface area (Å²) in [6, 6.07) is 10.6. The Kier molecular flexibility index (Phi) is 15.4. The fourth-order valence-electron chi connectivity index (χ4n) is 6.84. The first-order chi connectivity index (χ1) is 26.5. The van der Waals surface area contributed by atoms with Crippen LogP contribution in [-0.2, 0) is 32.6 Å². The van der Waals surface area contributed by atoms with Crippen LogP contribution in [0.4, 0.5) is 5.82 Å².